The molecule has 6 rings (SSSR count). The summed E-state index contributed by atoms with van der Waals surface area (Å²) in [5, 5.41) is 6.16. The number of carbonyl (C=O) groups excluding carboxylic acids is 2. The van der Waals surface area contributed by atoms with Gasteiger partial charge < -0.3 is 24.8 Å². The van der Waals surface area contributed by atoms with Crippen LogP contribution in [0.25, 0.3) is 11.2 Å². The van der Waals surface area contributed by atoms with Crippen LogP contribution in [0, 0.1) is 0 Å². The van der Waals surface area contributed by atoms with E-state index in [-0.39, 0.29) is 36.3 Å². The van der Waals surface area contributed by atoms with E-state index in [1.807, 2.05) is 0 Å². The summed E-state index contributed by atoms with van der Waals surface area (Å²) < 4.78 is 17.8. The van der Waals surface area contributed by atoms with Gasteiger partial charge >= 0.3 is 6.09 Å². The molecule has 3 aliphatic rings. The van der Waals surface area contributed by atoms with Crippen molar-refractivity contribution >= 4 is 34.8 Å². The first-order chi connectivity index (χ1) is 18.0. The zero-order valence-corrected chi connectivity index (χ0v) is 20.0. The number of methoxy groups -OCH3 is 1. The van der Waals surface area contributed by atoms with E-state index < -0.39 is 6.09 Å². The Morgan fingerprint density at radius 2 is 2.05 bits per heavy atom. The van der Waals surface area contributed by atoms with Crippen molar-refractivity contribution in [2.75, 3.05) is 30.5 Å². The monoisotopic (exact) mass is 507 g/mol. The highest BCUT2D eigenvalue weighted by atomic mass is 16.6. The van der Waals surface area contributed by atoms with Gasteiger partial charge in [0.2, 0.25) is 5.88 Å². The van der Waals surface area contributed by atoms with Crippen molar-refractivity contribution in [3.05, 3.63) is 40.8 Å². The molecule has 0 bridgehead atoms. The molecule has 2 fully saturated rings. The lowest BCUT2D eigenvalue weighted by Crippen LogP contribution is -2.46. The van der Waals surface area contributed by atoms with Crippen LogP contribution in [0.4, 0.5) is 16.4 Å². The van der Waals surface area contributed by atoms with Crippen LogP contribution in [0.5, 0.6) is 11.6 Å². The van der Waals surface area contributed by atoms with Gasteiger partial charge in [-0.1, -0.05) is 0 Å². The Kier molecular flexibility index (Phi) is 5.83. The number of hydrogen-bond acceptors (Lipinski definition) is 10. The normalized spacial score (nSPS) is 22.6. The molecule has 1 saturated carbocycles. The maximum Gasteiger partial charge on any atom is 0.416 e. The standard InChI is InChI=1S/C24H25N7O6/c1-35-20-11-26-14-3-7-21(33)30(23(14)29-20)9-8-25-13-2-4-15-17(10-13)37-24(34)31(15)18-6-5-16-22(27-18)28-19(32)12-36-16/h3,5-7,11,13,15,17,25H,2,4,8-10,12H2,1H3,(H,27,28,32)/t13-,15-,17-/m1/s1. The van der Waals surface area contributed by atoms with Crippen molar-refractivity contribution in [1.82, 2.24) is 24.8 Å². The quantitative estimate of drug-likeness (QED) is 0.496. The van der Waals surface area contributed by atoms with Crippen LogP contribution in [0.1, 0.15) is 19.3 Å². The van der Waals surface area contributed by atoms with Crippen molar-refractivity contribution < 1.29 is 23.8 Å². The van der Waals surface area contributed by atoms with E-state index >= 15 is 0 Å². The molecule has 3 aromatic rings. The molecule has 0 spiro atoms. The van der Waals surface area contributed by atoms with Crippen molar-refractivity contribution in [2.24, 2.45) is 0 Å². The van der Waals surface area contributed by atoms with E-state index in [9.17, 15) is 14.4 Å². The molecule has 0 radical (unpaired) electrons. The molecule has 192 valence electrons. The lowest BCUT2D eigenvalue weighted by molar-refractivity contribution is -0.118. The maximum absolute atomic E-state index is 12.8. The molecule has 3 atom stereocenters. The summed E-state index contributed by atoms with van der Waals surface area (Å²) in [4.78, 5) is 51.6. The first-order valence-corrected chi connectivity index (χ1v) is 12.1. The number of hydrogen-bond donors (Lipinski definition) is 2. The van der Waals surface area contributed by atoms with E-state index in [4.69, 9.17) is 14.2 Å². The molecule has 5 heterocycles. The fourth-order valence-corrected chi connectivity index (χ4v) is 5.12. The summed E-state index contributed by atoms with van der Waals surface area (Å²) in [6.07, 6.45) is 2.93. The Bertz CT molecular complexity index is 1440. The van der Waals surface area contributed by atoms with Gasteiger partial charge in [0.05, 0.1) is 19.3 Å². The lowest BCUT2D eigenvalue weighted by atomic mass is 9.88. The van der Waals surface area contributed by atoms with Gasteiger partial charge in [-0.05, 0) is 31.0 Å². The number of aromatic nitrogens is 4. The Morgan fingerprint density at radius 1 is 1.16 bits per heavy atom. The first kappa shape index (κ1) is 23.2. The second-order valence-corrected chi connectivity index (χ2v) is 9.12. The van der Waals surface area contributed by atoms with Gasteiger partial charge in [0, 0.05) is 31.6 Å². The van der Waals surface area contributed by atoms with E-state index in [1.54, 1.807) is 27.7 Å². The summed E-state index contributed by atoms with van der Waals surface area (Å²) >= 11 is 0. The maximum atomic E-state index is 12.8. The minimum atomic E-state index is -0.457. The number of carbonyl (C=O) groups is 2. The van der Waals surface area contributed by atoms with Crippen LogP contribution in [0.3, 0.4) is 0 Å². The van der Waals surface area contributed by atoms with Crippen LogP contribution >= 0.6 is 0 Å². The van der Waals surface area contributed by atoms with E-state index in [2.05, 4.69) is 25.6 Å². The highest BCUT2D eigenvalue weighted by Crippen LogP contribution is 2.37. The zero-order valence-electron chi connectivity index (χ0n) is 20.0. The van der Waals surface area contributed by atoms with Crippen LogP contribution in [0.2, 0.25) is 0 Å². The largest absolute Gasteiger partial charge is 0.480 e. The molecule has 13 heteroatoms. The fourth-order valence-electron chi connectivity index (χ4n) is 5.12. The third-order valence-electron chi connectivity index (χ3n) is 6.89. The molecule has 37 heavy (non-hydrogen) atoms. The Morgan fingerprint density at radius 3 is 2.92 bits per heavy atom. The number of anilines is 2. The molecule has 3 aromatic heterocycles. The predicted octanol–water partition coefficient (Wildman–Crippen LogP) is 1.06. The number of rotatable bonds is 6. The average Bonchev–Trinajstić information content (AvgIpc) is 3.24. The average molecular weight is 508 g/mol. The molecular weight excluding hydrogens is 482 g/mol. The third-order valence-corrected chi connectivity index (χ3v) is 6.89. The van der Waals surface area contributed by atoms with Gasteiger partial charge in [-0.3, -0.25) is 19.1 Å². The number of nitrogens with zero attached hydrogens (tertiary/aromatic N) is 5. The number of fused-ring (bicyclic) bond motifs is 3. The van der Waals surface area contributed by atoms with Gasteiger partial charge in [0.15, 0.2) is 23.8 Å². The molecule has 2 aliphatic heterocycles. The molecule has 2 amide bonds. The number of nitrogens with one attached hydrogen (secondary N) is 2. The summed E-state index contributed by atoms with van der Waals surface area (Å²) in [5.74, 6) is 1.23. The second-order valence-electron chi connectivity index (χ2n) is 9.12. The predicted molar refractivity (Wildman–Crippen MR) is 131 cm³/mol. The Balaban J connectivity index is 1.11. The molecule has 0 aromatic carbocycles. The van der Waals surface area contributed by atoms with Crippen molar-refractivity contribution in [1.29, 1.82) is 0 Å². The van der Waals surface area contributed by atoms with Crippen molar-refractivity contribution in [2.45, 2.75) is 44.0 Å². The van der Waals surface area contributed by atoms with Crippen LogP contribution in [0.15, 0.2) is 35.3 Å². The number of pyridine rings is 2. The van der Waals surface area contributed by atoms with Gasteiger partial charge in [-0.15, -0.1) is 0 Å². The summed E-state index contributed by atoms with van der Waals surface area (Å²) in [6.45, 7) is 0.876. The van der Waals surface area contributed by atoms with Gasteiger partial charge in [0.25, 0.3) is 11.5 Å². The molecule has 13 nitrogen and oxygen atoms in total. The van der Waals surface area contributed by atoms with E-state index in [1.165, 1.54) is 19.4 Å². The molecule has 2 N–H and O–H groups in total. The fraction of sp³-hybridized carbons (Fsp3) is 0.417. The Labute approximate surface area is 210 Å². The SMILES string of the molecule is COc1cnc2ccc(=O)n(CCN[C@@H]3CC[C@@H]4[C@@H](C3)OC(=O)N4c3ccc4c(n3)NC(=O)CO4)c2n1. The Hall–Kier alpha value is -4.26. The summed E-state index contributed by atoms with van der Waals surface area (Å²) in [5.41, 5.74) is 0.915. The van der Waals surface area contributed by atoms with Crippen LogP contribution in [-0.2, 0) is 16.1 Å². The van der Waals surface area contributed by atoms with Gasteiger partial charge in [0.1, 0.15) is 17.4 Å². The van der Waals surface area contributed by atoms with Crippen molar-refractivity contribution in [3.8, 4) is 11.6 Å². The minimum Gasteiger partial charge on any atom is -0.480 e. The number of ether oxygens (including phenoxy) is 3. The van der Waals surface area contributed by atoms with E-state index in [0.717, 1.165) is 6.42 Å². The van der Waals surface area contributed by atoms with Gasteiger partial charge in [-0.25, -0.2) is 14.8 Å². The third kappa shape index (κ3) is 4.31. The van der Waals surface area contributed by atoms with Crippen LogP contribution in [-0.4, -0.2) is 70.0 Å². The molecule has 1 aliphatic carbocycles. The van der Waals surface area contributed by atoms with Crippen LogP contribution < -0.4 is 30.6 Å². The van der Waals surface area contributed by atoms with Gasteiger partial charge in [-0.2, -0.15) is 4.98 Å². The second kappa shape index (κ2) is 9.32. The topological polar surface area (TPSA) is 150 Å². The number of amides is 2. The highest BCUT2D eigenvalue weighted by molar-refractivity contribution is 5.95. The first-order valence-electron chi connectivity index (χ1n) is 12.1. The highest BCUT2D eigenvalue weighted by Gasteiger charge is 2.46. The molecule has 0 unspecified atom stereocenters. The minimum absolute atomic E-state index is 0.0599. The zero-order chi connectivity index (χ0) is 25.5. The summed E-state index contributed by atoms with van der Waals surface area (Å²) in [6, 6.07) is 6.48. The van der Waals surface area contributed by atoms with Crippen molar-refractivity contribution in [3.63, 3.8) is 0 Å². The molecule has 1 saturated heterocycles. The smallest absolute Gasteiger partial charge is 0.416 e. The molecular formula is C24H25N7O6. The van der Waals surface area contributed by atoms with E-state index in [0.29, 0.717) is 60.4 Å². The summed E-state index contributed by atoms with van der Waals surface area (Å²) in [7, 11) is 1.50. The lowest BCUT2D eigenvalue weighted by Gasteiger charge is -2.33.